The largest absolute Gasteiger partial charge is 0.373 e. The Labute approximate surface area is 139 Å². The highest BCUT2D eigenvalue weighted by atomic mass is 32.1. The second-order valence-electron chi connectivity index (χ2n) is 6.01. The summed E-state index contributed by atoms with van der Waals surface area (Å²) in [5.41, 5.74) is 1.09. The summed E-state index contributed by atoms with van der Waals surface area (Å²) in [6.07, 6.45) is 6.01. The van der Waals surface area contributed by atoms with E-state index in [0.717, 1.165) is 41.7 Å². The first-order valence-corrected chi connectivity index (χ1v) is 8.82. The molecule has 0 bridgehead atoms. The van der Waals surface area contributed by atoms with E-state index < -0.39 is 0 Å². The van der Waals surface area contributed by atoms with Crippen molar-refractivity contribution in [1.82, 2.24) is 15.2 Å². The minimum Gasteiger partial charge on any atom is -0.373 e. The molecule has 23 heavy (non-hydrogen) atoms. The molecule has 4 rings (SSSR count). The molecule has 7 heteroatoms. The summed E-state index contributed by atoms with van der Waals surface area (Å²) in [7, 11) is 0. The van der Waals surface area contributed by atoms with Crippen molar-refractivity contribution in [2.24, 2.45) is 0 Å². The topological polar surface area (TPSA) is 60.4 Å². The average molecular weight is 332 g/mol. The number of hydrogen-bond acceptors (Lipinski definition) is 7. The molecule has 0 unspecified atom stereocenters. The Bertz CT molecular complexity index is 651. The lowest BCUT2D eigenvalue weighted by molar-refractivity contribution is -0.0784. The van der Waals surface area contributed by atoms with E-state index >= 15 is 0 Å². The maximum Gasteiger partial charge on any atom is 0.208 e. The Morgan fingerprint density at radius 3 is 3.17 bits per heavy atom. The lowest BCUT2D eigenvalue weighted by Crippen LogP contribution is -2.42. The molecule has 0 N–H and O–H groups in total. The van der Waals surface area contributed by atoms with Crippen LogP contribution >= 0.6 is 11.3 Å². The fourth-order valence-electron chi connectivity index (χ4n) is 3.37. The van der Waals surface area contributed by atoms with Gasteiger partial charge >= 0.3 is 0 Å². The third-order valence-electron chi connectivity index (χ3n) is 4.43. The normalized spacial score (nSPS) is 27.2. The quantitative estimate of drug-likeness (QED) is 0.855. The van der Waals surface area contributed by atoms with Crippen LogP contribution < -0.4 is 4.90 Å². The zero-order valence-electron chi connectivity index (χ0n) is 13.1. The van der Waals surface area contributed by atoms with Gasteiger partial charge in [0.05, 0.1) is 12.6 Å². The molecule has 0 radical (unpaired) electrons. The van der Waals surface area contributed by atoms with Gasteiger partial charge in [-0.25, -0.2) is 0 Å². The molecule has 0 aliphatic carbocycles. The third-order valence-corrected chi connectivity index (χ3v) is 5.30. The van der Waals surface area contributed by atoms with Crippen LogP contribution in [0.25, 0.3) is 0 Å². The van der Waals surface area contributed by atoms with Crippen LogP contribution in [0.4, 0.5) is 5.13 Å². The minimum atomic E-state index is 0.0599. The molecule has 3 atom stereocenters. The van der Waals surface area contributed by atoms with Gasteiger partial charge in [-0.2, -0.15) is 0 Å². The number of hydrogen-bond donors (Lipinski definition) is 0. The van der Waals surface area contributed by atoms with Gasteiger partial charge in [0.25, 0.3) is 0 Å². The predicted molar refractivity (Wildman–Crippen MR) is 87.6 cm³/mol. The summed E-state index contributed by atoms with van der Waals surface area (Å²) < 4.78 is 12.2. The molecular formula is C16H20N4O2S. The Hall–Kier alpha value is -1.57. The van der Waals surface area contributed by atoms with Crippen LogP contribution in [0.2, 0.25) is 0 Å². The Morgan fingerprint density at radius 2 is 2.39 bits per heavy atom. The summed E-state index contributed by atoms with van der Waals surface area (Å²) in [6, 6.07) is 4.31. The summed E-state index contributed by atoms with van der Waals surface area (Å²) in [4.78, 5) is 6.46. The maximum atomic E-state index is 6.17. The van der Waals surface area contributed by atoms with Gasteiger partial charge in [-0.05, 0) is 31.4 Å². The molecule has 0 amide bonds. The Kier molecular flexibility index (Phi) is 4.24. The van der Waals surface area contributed by atoms with Crippen molar-refractivity contribution in [2.45, 2.75) is 44.6 Å². The van der Waals surface area contributed by atoms with E-state index in [1.54, 1.807) is 17.5 Å². The average Bonchev–Trinajstić information content (AvgIpc) is 3.18. The van der Waals surface area contributed by atoms with Gasteiger partial charge in [-0.1, -0.05) is 17.4 Å². The number of rotatable bonds is 4. The van der Waals surface area contributed by atoms with E-state index in [1.807, 2.05) is 25.3 Å². The molecule has 0 aromatic carbocycles. The number of fused-ring (bicyclic) bond motifs is 1. The lowest BCUT2D eigenvalue weighted by Gasteiger charge is -2.31. The molecule has 2 aliphatic rings. The van der Waals surface area contributed by atoms with E-state index in [9.17, 15) is 0 Å². The molecule has 0 spiro atoms. The molecule has 6 nitrogen and oxygen atoms in total. The molecule has 2 aliphatic heterocycles. The van der Waals surface area contributed by atoms with E-state index in [-0.39, 0.29) is 12.2 Å². The van der Waals surface area contributed by atoms with Gasteiger partial charge in [-0.15, -0.1) is 10.2 Å². The molecule has 2 fully saturated rings. The van der Waals surface area contributed by atoms with Gasteiger partial charge in [0.1, 0.15) is 17.2 Å². The standard InChI is InChI=1S/C16H20N4O2S/c1-11-18-19-16(23-11)20-9-14(15-13(20)5-3-7-21-15)22-10-12-4-2-6-17-8-12/h2,4,6,8,13-15H,3,5,7,9-10H2,1H3/t13-,14+,15+/m0/s1. The summed E-state index contributed by atoms with van der Waals surface area (Å²) in [5, 5.41) is 10.4. The number of ether oxygens (including phenoxy) is 2. The van der Waals surface area contributed by atoms with E-state index in [4.69, 9.17) is 9.47 Å². The zero-order valence-corrected chi connectivity index (χ0v) is 13.9. The van der Waals surface area contributed by atoms with Crippen LogP contribution in [-0.4, -0.2) is 46.6 Å². The van der Waals surface area contributed by atoms with Crippen LogP contribution in [0.15, 0.2) is 24.5 Å². The fourth-order valence-corrected chi connectivity index (χ4v) is 4.12. The lowest BCUT2D eigenvalue weighted by atomic mass is 10.0. The highest BCUT2D eigenvalue weighted by Gasteiger charge is 2.45. The van der Waals surface area contributed by atoms with Gasteiger partial charge in [0, 0.05) is 25.5 Å². The number of aromatic nitrogens is 3. The van der Waals surface area contributed by atoms with Crippen molar-refractivity contribution in [3.8, 4) is 0 Å². The first kappa shape index (κ1) is 15.0. The SMILES string of the molecule is Cc1nnc(N2C[C@@H](OCc3cccnc3)[C@@H]3OCCC[C@@H]32)s1. The van der Waals surface area contributed by atoms with Crippen LogP contribution in [-0.2, 0) is 16.1 Å². The second kappa shape index (κ2) is 6.51. The van der Waals surface area contributed by atoms with Crippen molar-refractivity contribution < 1.29 is 9.47 Å². The smallest absolute Gasteiger partial charge is 0.208 e. The van der Waals surface area contributed by atoms with Crippen molar-refractivity contribution in [3.63, 3.8) is 0 Å². The molecule has 2 aromatic rings. The summed E-state index contributed by atoms with van der Waals surface area (Å²) >= 11 is 1.64. The number of nitrogens with zero attached hydrogens (tertiary/aromatic N) is 4. The maximum absolute atomic E-state index is 6.17. The highest BCUT2D eigenvalue weighted by molar-refractivity contribution is 7.15. The first-order chi connectivity index (χ1) is 11.3. The molecule has 4 heterocycles. The molecule has 0 saturated carbocycles. The van der Waals surface area contributed by atoms with E-state index in [2.05, 4.69) is 20.1 Å². The van der Waals surface area contributed by atoms with Crippen molar-refractivity contribution >= 4 is 16.5 Å². The number of pyridine rings is 1. The fraction of sp³-hybridized carbons (Fsp3) is 0.562. The molecular weight excluding hydrogens is 312 g/mol. The van der Waals surface area contributed by atoms with Gasteiger partial charge in [-0.3, -0.25) is 4.98 Å². The number of anilines is 1. The summed E-state index contributed by atoms with van der Waals surface area (Å²) in [5.74, 6) is 0. The second-order valence-corrected chi connectivity index (χ2v) is 7.17. The van der Waals surface area contributed by atoms with Crippen molar-refractivity contribution in [2.75, 3.05) is 18.1 Å². The Balaban J connectivity index is 1.49. The van der Waals surface area contributed by atoms with Gasteiger partial charge in [0.2, 0.25) is 5.13 Å². The van der Waals surface area contributed by atoms with Crippen LogP contribution in [0.1, 0.15) is 23.4 Å². The molecule has 2 saturated heterocycles. The van der Waals surface area contributed by atoms with Gasteiger partial charge in [0.15, 0.2) is 0 Å². The van der Waals surface area contributed by atoms with Crippen molar-refractivity contribution in [3.05, 3.63) is 35.1 Å². The highest BCUT2D eigenvalue weighted by Crippen LogP contribution is 2.35. The van der Waals surface area contributed by atoms with E-state index in [1.165, 1.54) is 0 Å². The van der Waals surface area contributed by atoms with E-state index in [0.29, 0.717) is 12.6 Å². The third kappa shape index (κ3) is 3.08. The minimum absolute atomic E-state index is 0.0599. The Morgan fingerprint density at radius 1 is 1.43 bits per heavy atom. The monoisotopic (exact) mass is 332 g/mol. The first-order valence-electron chi connectivity index (χ1n) is 8.00. The van der Waals surface area contributed by atoms with Crippen LogP contribution in [0.5, 0.6) is 0 Å². The van der Waals surface area contributed by atoms with Crippen molar-refractivity contribution in [1.29, 1.82) is 0 Å². The van der Waals surface area contributed by atoms with Crippen LogP contribution in [0, 0.1) is 6.92 Å². The summed E-state index contributed by atoms with van der Waals surface area (Å²) in [6.45, 7) is 4.18. The predicted octanol–water partition coefficient (Wildman–Crippen LogP) is 2.19. The number of aryl methyl sites for hydroxylation is 1. The molecule has 2 aromatic heterocycles. The van der Waals surface area contributed by atoms with Gasteiger partial charge < -0.3 is 14.4 Å². The zero-order chi connectivity index (χ0) is 15.6. The molecule has 122 valence electrons. The van der Waals surface area contributed by atoms with Crippen LogP contribution in [0.3, 0.4) is 0 Å².